The van der Waals surface area contributed by atoms with E-state index in [2.05, 4.69) is 29.2 Å². The van der Waals surface area contributed by atoms with Gasteiger partial charge in [0.25, 0.3) is 0 Å². The third-order valence-electron chi connectivity index (χ3n) is 3.45. The van der Waals surface area contributed by atoms with E-state index in [0.29, 0.717) is 5.92 Å². The summed E-state index contributed by atoms with van der Waals surface area (Å²) in [7, 11) is 2.09. The van der Waals surface area contributed by atoms with Crippen molar-refractivity contribution < 1.29 is 9.15 Å². The average Bonchev–Trinajstić information content (AvgIpc) is 3.10. The lowest BCUT2D eigenvalue weighted by atomic mass is 10.1. The molecule has 6 heteroatoms. The van der Waals surface area contributed by atoms with Crippen LogP contribution in [0.4, 0.5) is 0 Å². The Balaban J connectivity index is 0.00000220. The van der Waals surface area contributed by atoms with Crippen molar-refractivity contribution in [3.05, 3.63) is 24.2 Å². The number of aliphatic imine (C=N–C) groups is 1. The van der Waals surface area contributed by atoms with Gasteiger partial charge in [-0.15, -0.1) is 24.0 Å². The van der Waals surface area contributed by atoms with E-state index in [1.165, 1.54) is 0 Å². The second-order valence-corrected chi connectivity index (χ2v) is 5.18. The second-order valence-electron chi connectivity index (χ2n) is 5.18. The van der Waals surface area contributed by atoms with Gasteiger partial charge in [-0.1, -0.05) is 0 Å². The largest absolute Gasteiger partial charge is 0.469 e. The monoisotopic (exact) mass is 407 g/mol. The van der Waals surface area contributed by atoms with E-state index in [1.807, 2.05) is 12.1 Å². The fourth-order valence-electron chi connectivity index (χ4n) is 2.40. The molecule has 5 nitrogen and oxygen atoms in total. The minimum atomic E-state index is 0. The zero-order valence-electron chi connectivity index (χ0n) is 12.9. The van der Waals surface area contributed by atoms with E-state index in [4.69, 9.17) is 9.15 Å². The molecule has 1 aliphatic rings. The van der Waals surface area contributed by atoms with Crippen molar-refractivity contribution in [1.82, 2.24) is 10.2 Å². The maximum Gasteiger partial charge on any atom is 0.193 e. The molecule has 1 aliphatic heterocycles. The number of halogens is 1. The Morgan fingerprint density at radius 3 is 3.00 bits per heavy atom. The molecule has 0 spiro atoms. The van der Waals surface area contributed by atoms with Crippen molar-refractivity contribution in [2.24, 2.45) is 10.9 Å². The molecule has 0 saturated carbocycles. The van der Waals surface area contributed by atoms with Crippen LogP contribution in [-0.2, 0) is 11.2 Å². The summed E-state index contributed by atoms with van der Waals surface area (Å²) < 4.78 is 10.8. The van der Waals surface area contributed by atoms with Gasteiger partial charge in [-0.25, -0.2) is 0 Å². The van der Waals surface area contributed by atoms with Crippen LogP contribution in [-0.4, -0.2) is 50.8 Å². The highest BCUT2D eigenvalue weighted by Gasteiger charge is 2.18. The van der Waals surface area contributed by atoms with Crippen molar-refractivity contribution in [3.8, 4) is 0 Å². The quantitative estimate of drug-likeness (QED) is 0.447. The van der Waals surface area contributed by atoms with Crippen molar-refractivity contribution >= 4 is 29.9 Å². The summed E-state index contributed by atoms with van der Waals surface area (Å²) in [6, 6.07) is 3.90. The van der Waals surface area contributed by atoms with Gasteiger partial charge < -0.3 is 19.4 Å². The first-order chi connectivity index (χ1) is 9.79. The maximum atomic E-state index is 5.43. The Morgan fingerprint density at radius 1 is 1.52 bits per heavy atom. The van der Waals surface area contributed by atoms with Crippen molar-refractivity contribution in [1.29, 1.82) is 0 Å². The lowest BCUT2D eigenvalue weighted by Gasteiger charge is -2.24. The van der Waals surface area contributed by atoms with Gasteiger partial charge in [0.2, 0.25) is 0 Å². The molecule has 1 saturated heterocycles. The summed E-state index contributed by atoms with van der Waals surface area (Å²) in [5, 5.41) is 3.34. The van der Waals surface area contributed by atoms with Crippen LogP contribution in [0.3, 0.4) is 0 Å². The number of ether oxygens (including phenoxy) is 1. The Morgan fingerprint density at radius 2 is 2.38 bits per heavy atom. The number of nitrogens with zero attached hydrogens (tertiary/aromatic N) is 2. The van der Waals surface area contributed by atoms with Gasteiger partial charge >= 0.3 is 0 Å². The Labute approximate surface area is 144 Å². The highest BCUT2D eigenvalue weighted by Crippen LogP contribution is 2.13. The molecular formula is C15H26IN3O2. The van der Waals surface area contributed by atoms with Crippen LogP contribution < -0.4 is 5.32 Å². The Hall–Kier alpha value is -0.760. The van der Waals surface area contributed by atoms with E-state index < -0.39 is 0 Å². The molecule has 2 heterocycles. The molecule has 21 heavy (non-hydrogen) atoms. The van der Waals surface area contributed by atoms with Gasteiger partial charge in [-0.3, -0.25) is 4.99 Å². The molecule has 0 amide bonds. The normalized spacial score (nSPS) is 18.4. The molecule has 1 N–H and O–H groups in total. The highest BCUT2D eigenvalue weighted by atomic mass is 127. The highest BCUT2D eigenvalue weighted by molar-refractivity contribution is 14.0. The molecule has 2 rings (SSSR count). The summed E-state index contributed by atoms with van der Waals surface area (Å²) >= 11 is 0. The molecule has 0 radical (unpaired) electrons. The number of rotatable bonds is 6. The van der Waals surface area contributed by atoms with Gasteiger partial charge in [-0.05, 0) is 25.5 Å². The number of hydrogen-bond donors (Lipinski definition) is 1. The average molecular weight is 407 g/mol. The summed E-state index contributed by atoms with van der Waals surface area (Å²) in [5.74, 6) is 2.57. The van der Waals surface area contributed by atoms with Crippen LogP contribution in [0.2, 0.25) is 0 Å². The third kappa shape index (κ3) is 6.25. The minimum absolute atomic E-state index is 0. The minimum Gasteiger partial charge on any atom is -0.469 e. The van der Waals surface area contributed by atoms with E-state index in [9.17, 15) is 0 Å². The van der Waals surface area contributed by atoms with E-state index in [1.54, 1.807) is 6.26 Å². The summed E-state index contributed by atoms with van der Waals surface area (Å²) in [5.41, 5.74) is 0. The summed E-state index contributed by atoms with van der Waals surface area (Å²) in [6.45, 7) is 6.47. The first kappa shape index (κ1) is 18.3. The molecule has 1 unspecified atom stereocenters. The Kier molecular flexibility index (Phi) is 8.75. The number of guanidine groups is 1. The first-order valence-electron chi connectivity index (χ1n) is 7.39. The molecule has 0 bridgehead atoms. The smallest absolute Gasteiger partial charge is 0.193 e. The van der Waals surface area contributed by atoms with Crippen LogP contribution in [0, 0.1) is 5.92 Å². The fourth-order valence-corrected chi connectivity index (χ4v) is 2.40. The molecular weight excluding hydrogens is 381 g/mol. The predicted molar refractivity (Wildman–Crippen MR) is 95.4 cm³/mol. The predicted octanol–water partition coefficient (Wildman–Crippen LogP) is 2.37. The van der Waals surface area contributed by atoms with Crippen LogP contribution >= 0.6 is 24.0 Å². The van der Waals surface area contributed by atoms with Gasteiger partial charge in [0.05, 0.1) is 12.9 Å². The topological polar surface area (TPSA) is 50.0 Å². The number of nitrogens with one attached hydrogen (secondary N) is 1. The van der Waals surface area contributed by atoms with Crippen LogP contribution in [0.25, 0.3) is 0 Å². The lowest BCUT2D eigenvalue weighted by Crippen LogP contribution is -2.41. The third-order valence-corrected chi connectivity index (χ3v) is 3.45. The van der Waals surface area contributed by atoms with Crippen molar-refractivity contribution in [3.63, 3.8) is 0 Å². The van der Waals surface area contributed by atoms with E-state index in [-0.39, 0.29) is 24.0 Å². The number of furan rings is 1. The van der Waals surface area contributed by atoms with Crippen molar-refractivity contribution in [2.75, 3.05) is 39.9 Å². The zero-order valence-corrected chi connectivity index (χ0v) is 15.2. The first-order valence-corrected chi connectivity index (χ1v) is 7.39. The molecule has 1 aromatic rings. The molecule has 1 atom stereocenters. The van der Waals surface area contributed by atoms with Gasteiger partial charge in [0.1, 0.15) is 5.76 Å². The second kappa shape index (κ2) is 10.0. The molecule has 1 aromatic heterocycles. The standard InChI is InChI=1S/C15H25N3O2.HI/c1-3-16-15(17-8-6-14-5-4-9-20-14)18(2)11-13-7-10-19-12-13;/h4-5,9,13H,3,6-8,10-12H2,1-2H3,(H,16,17);1H. The van der Waals surface area contributed by atoms with Gasteiger partial charge in [0.15, 0.2) is 5.96 Å². The van der Waals surface area contributed by atoms with Crippen molar-refractivity contribution in [2.45, 2.75) is 19.8 Å². The lowest BCUT2D eigenvalue weighted by molar-refractivity contribution is 0.181. The zero-order chi connectivity index (χ0) is 14.2. The molecule has 0 aliphatic carbocycles. The van der Waals surface area contributed by atoms with Crippen LogP contribution in [0.15, 0.2) is 27.8 Å². The maximum absolute atomic E-state index is 5.43. The van der Waals surface area contributed by atoms with Crippen LogP contribution in [0.5, 0.6) is 0 Å². The molecule has 120 valence electrons. The summed E-state index contributed by atoms with van der Waals surface area (Å²) in [4.78, 5) is 6.86. The molecule has 1 fully saturated rings. The van der Waals surface area contributed by atoms with E-state index >= 15 is 0 Å². The van der Waals surface area contributed by atoms with Gasteiger partial charge in [0, 0.05) is 45.6 Å². The summed E-state index contributed by atoms with van der Waals surface area (Å²) in [6.07, 6.45) is 3.69. The van der Waals surface area contributed by atoms with Crippen LogP contribution in [0.1, 0.15) is 19.1 Å². The van der Waals surface area contributed by atoms with E-state index in [0.717, 1.165) is 57.4 Å². The number of hydrogen-bond acceptors (Lipinski definition) is 3. The van der Waals surface area contributed by atoms with Gasteiger partial charge in [-0.2, -0.15) is 0 Å². The molecule has 0 aromatic carbocycles. The SMILES string of the molecule is CCNC(=NCCc1ccco1)N(C)CC1CCOC1.I. The fraction of sp³-hybridized carbons (Fsp3) is 0.667. The Bertz CT molecular complexity index is 403.